The van der Waals surface area contributed by atoms with Crippen LogP contribution in [0.2, 0.25) is 0 Å². The molecule has 0 aromatic heterocycles. The second kappa shape index (κ2) is 9.96. The van der Waals surface area contributed by atoms with Gasteiger partial charge in [0.1, 0.15) is 26.6 Å². The number of carbonyl (C=O) groups is 1. The summed E-state index contributed by atoms with van der Waals surface area (Å²) in [5, 5.41) is 16.7. The number of oxime groups is 2. The highest BCUT2D eigenvalue weighted by Crippen LogP contribution is 2.17. The molecule has 1 N–H and O–H groups in total. The lowest BCUT2D eigenvalue weighted by Gasteiger charge is -2.11. The molecule has 0 amide bonds. The Labute approximate surface area is 157 Å². The number of carboxylic acid groups (broad SMARTS) is 1. The minimum Gasteiger partial charge on any atom is -0.489 e. The van der Waals surface area contributed by atoms with Gasteiger partial charge in [-0.25, -0.2) is 4.79 Å². The smallest absolute Gasteiger partial charge is 0.354 e. The van der Waals surface area contributed by atoms with Crippen LogP contribution < -0.4 is 4.74 Å². The molecule has 0 fully saturated rings. The third-order valence-corrected chi connectivity index (χ3v) is 3.82. The van der Waals surface area contributed by atoms with Gasteiger partial charge in [0.05, 0.1) is 5.71 Å². The lowest BCUT2D eigenvalue weighted by molar-refractivity contribution is -0.129. The van der Waals surface area contributed by atoms with Crippen LogP contribution in [-0.2, 0) is 27.5 Å². The van der Waals surface area contributed by atoms with E-state index in [0.29, 0.717) is 12.4 Å². The summed E-state index contributed by atoms with van der Waals surface area (Å²) < 4.78 is 5.84. The first kappa shape index (κ1) is 20.0. The summed E-state index contributed by atoms with van der Waals surface area (Å²) in [6, 6.07) is 15.0. The molecule has 142 valence electrons. The molecular weight excluding hydrogens is 348 g/mol. The van der Waals surface area contributed by atoms with Crippen molar-refractivity contribution in [1.29, 1.82) is 0 Å². The number of nitrogens with zero attached hydrogens (tertiary/aromatic N) is 2. The first-order valence-corrected chi connectivity index (χ1v) is 8.26. The van der Waals surface area contributed by atoms with Crippen molar-refractivity contribution in [1.82, 2.24) is 0 Å². The molecule has 2 aromatic carbocycles. The molecule has 2 aromatic rings. The molecule has 2 rings (SSSR count). The quantitative estimate of drug-likeness (QED) is 0.540. The lowest BCUT2D eigenvalue weighted by atomic mass is 10.0. The van der Waals surface area contributed by atoms with E-state index in [1.165, 1.54) is 14.2 Å². The summed E-state index contributed by atoms with van der Waals surface area (Å²) in [5.41, 5.74) is 3.33. The number of hydrogen-bond acceptors (Lipinski definition) is 6. The normalized spacial score (nSPS) is 11.8. The zero-order valence-corrected chi connectivity index (χ0v) is 15.5. The van der Waals surface area contributed by atoms with E-state index in [1.807, 2.05) is 55.5 Å². The van der Waals surface area contributed by atoms with Crippen LogP contribution in [0.5, 0.6) is 5.75 Å². The second-order valence-electron chi connectivity index (χ2n) is 5.64. The Balaban J connectivity index is 2.09. The predicted molar refractivity (Wildman–Crippen MR) is 102 cm³/mol. The van der Waals surface area contributed by atoms with Crippen molar-refractivity contribution in [2.75, 3.05) is 14.2 Å². The number of rotatable bonds is 9. The van der Waals surface area contributed by atoms with E-state index in [4.69, 9.17) is 9.57 Å². The van der Waals surface area contributed by atoms with Gasteiger partial charge in [0.25, 0.3) is 0 Å². The molecule has 0 heterocycles. The van der Waals surface area contributed by atoms with Gasteiger partial charge in [0, 0.05) is 6.42 Å². The molecule has 0 saturated carbocycles. The van der Waals surface area contributed by atoms with Gasteiger partial charge in [-0.05, 0) is 47.9 Å². The van der Waals surface area contributed by atoms with Crippen LogP contribution in [0, 0.1) is 0 Å². The number of ether oxygens (including phenoxy) is 1. The van der Waals surface area contributed by atoms with E-state index < -0.39 is 5.97 Å². The lowest BCUT2D eigenvalue weighted by Crippen LogP contribution is -2.17. The zero-order chi connectivity index (χ0) is 19.6. The highest BCUT2D eigenvalue weighted by molar-refractivity contribution is 6.35. The summed E-state index contributed by atoms with van der Waals surface area (Å²) in [6.45, 7) is 2.16. The second-order valence-corrected chi connectivity index (χ2v) is 5.64. The Kier molecular flexibility index (Phi) is 7.37. The molecule has 0 radical (unpaired) electrons. The van der Waals surface area contributed by atoms with E-state index >= 15 is 0 Å². The van der Waals surface area contributed by atoms with Crippen molar-refractivity contribution < 1.29 is 24.3 Å². The minimum absolute atomic E-state index is 0.0674. The van der Waals surface area contributed by atoms with Crippen molar-refractivity contribution in [3.8, 4) is 5.75 Å². The maximum absolute atomic E-state index is 11.3. The van der Waals surface area contributed by atoms with Gasteiger partial charge in [-0.2, -0.15) is 0 Å². The molecule has 0 aliphatic heterocycles. The summed E-state index contributed by atoms with van der Waals surface area (Å²) in [7, 11) is 2.83. The highest BCUT2D eigenvalue weighted by Gasteiger charge is 2.14. The standard InChI is InChI=1S/C20H22N2O5/c1-14(21-25-2)15-8-10-18(11-9-15)27-13-17-7-5-4-6-16(17)12-19(20(23)24)22-26-3/h4-11H,12-13H2,1-3H3,(H,23,24)/b21-14+,22-19+. The first-order valence-electron chi connectivity index (χ1n) is 8.26. The SMILES string of the molecule is CO/N=C(\Cc1ccccc1COc1ccc(/C(C)=N/OC)cc1)C(=O)O. The van der Waals surface area contributed by atoms with Crippen molar-refractivity contribution in [3.05, 3.63) is 65.2 Å². The van der Waals surface area contributed by atoms with Gasteiger partial charge < -0.3 is 19.5 Å². The number of hydrogen-bond donors (Lipinski definition) is 1. The number of benzene rings is 2. The van der Waals surface area contributed by atoms with Crippen LogP contribution in [0.3, 0.4) is 0 Å². The van der Waals surface area contributed by atoms with E-state index in [0.717, 1.165) is 22.4 Å². The molecular formula is C20H22N2O5. The van der Waals surface area contributed by atoms with Crippen molar-refractivity contribution in [2.24, 2.45) is 10.3 Å². The van der Waals surface area contributed by atoms with Crippen molar-refractivity contribution in [2.45, 2.75) is 20.0 Å². The number of carboxylic acids is 1. The highest BCUT2D eigenvalue weighted by atomic mass is 16.6. The predicted octanol–water partition coefficient (Wildman–Crippen LogP) is 3.27. The molecule has 0 aliphatic carbocycles. The van der Waals surface area contributed by atoms with Crippen LogP contribution in [-0.4, -0.2) is 36.7 Å². The van der Waals surface area contributed by atoms with Crippen LogP contribution in [0.15, 0.2) is 58.8 Å². The van der Waals surface area contributed by atoms with Crippen molar-refractivity contribution in [3.63, 3.8) is 0 Å². The van der Waals surface area contributed by atoms with Gasteiger partial charge >= 0.3 is 5.97 Å². The van der Waals surface area contributed by atoms with E-state index in [-0.39, 0.29) is 12.1 Å². The summed E-state index contributed by atoms with van der Waals surface area (Å²) >= 11 is 0. The Hall–Kier alpha value is -3.35. The van der Waals surface area contributed by atoms with Crippen LogP contribution in [0.25, 0.3) is 0 Å². The maximum atomic E-state index is 11.3. The molecule has 0 bridgehead atoms. The average Bonchev–Trinajstić information content (AvgIpc) is 2.67. The molecule has 7 heteroatoms. The van der Waals surface area contributed by atoms with Gasteiger partial charge in [-0.3, -0.25) is 0 Å². The molecule has 0 aliphatic rings. The largest absolute Gasteiger partial charge is 0.489 e. The molecule has 0 atom stereocenters. The molecule has 7 nitrogen and oxygen atoms in total. The van der Waals surface area contributed by atoms with Gasteiger partial charge in [-0.15, -0.1) is 0 Å². The van der Waals surface area contributed by atoms with Gasteiger partial charge in [-0.1, -0.05) is 34.6 Å². The molecule has 0 spiro atoms. The Bertz CT molecular complexity index is 829. The fraction of sp³-hybridized carbons (Fsp3) is 0.250. The van der Waals surface area contributed by atoms with Crippen LogP contribution in [0.4, 0.5) is 0 Å². The minimum atomic E-state index is -1.11. The molecule has 0 saturated heterocycles. The first-order chi connectivity index (χ1) is 13.0. The van der Waals surface area contributed by atoms with Gasteiger partial charge in [0.2, 0.25) is 0 Å². The number of aliphatic carboxylic acids is 1. The van der Waals surface area contributed by atoms with Crippen molar-refractivity contribution >= 4 is 17.4 Å². The monoisotopic (exact) mass is 370 g/mol. The Morgan fingerprint density at radius 1 is 0.963 bits per heavy atom. The maximum Gasteiger partial charge on any atom is 0.354 e. The Morgan fingerprint density at radius 3 is 2.19 bits per heavy atom. The summed E-state index contributed by atoms with van der Waals surface area (Å²) in [4.78, 5) is 20.6. The van der Waals surface area contributed by atoms with Crippen LogP contribution in [0.1, 0.15) is 23.6 Å². The van der Waals surface area contributed by atoms with E-state index in [1.54, 1.807) is 0 Å². The third kappa shape index (κ3) is 5.85. The average molecular weight is 370 g/mol. The third-order valence-electron chi connectivity index (χ3n) is 3.82. The molecule has 0 unspecified atom stereocenters. The molecule has 27 heavy (non-hydrogen) atoms. The fourth-order valence-corrected chi connectivity index (χ4v) is 2.45. The Morgan fingerprint density at radius 2 is 1.59 bits per heavy atom. The van der Waals surface area contributed by atoms with E-state index in [9.17, 15) is 9.90 Å². The van der Waals surface area contributed by atoms with Crippen LogP contribution >= 0.6 is 0 Å². The van der Waals surface area contributed by atoms with E-state index in [2.05, 4.69) is 15.1 Å². The summed E-state index contributed by atoms with van der Waals surface area (Å²) in [6.07, 6.45) is 0.147. The fourth-order valence-electron chi connectivity index (χ4n) is 2.45. The zero-order valence-electron chi connectivity index (χ0n) is 15.5. The van der Waals surface area contributed by atoms with Gasteiger partial charge in [0.15, 0.2) is 5.71 Å². The topological polar surface area (TPSA) is 89.7 Å². The summed E-state index contributed by atoms with van der Waals surface area (Å²) in [5.74, 6) is -0.418.